The van der Waals surface area contributed by atoms with Crippen molar-refractivity contribution in [2.75, 3.05) is 13.2 Å². The Labute approximate surface area is 65.1 Å². The number of carbonyl (C=O) groups excluding carboxylic acids is 1. The van der Waals surface area contributed by atoms with Gasteiger partial charge in [0.2, 0.25) is 5.78 Å². The summed E-state index contributed by atoms with van der Waals surface area (Å²) in [5.74, 6) is -0.252. The van der Waals surface area contributed by atoms with E-state index < -0.39 is 0 Å². The molecule has 1 aliphatic heterocycles. The van der Waals surface area contributed by atoms with Gasteiger partial charge in [0.1, 0.15) is 0 Å². The highest BCUT2D eigenvalue weighted by Crippen LogP contribution is 1.85. The fourth-order valence-corrected chi connectivity index (χ4v) is 0.422. The van der Waals surface area contributed by atoms with E-state index in [-0.39, 0.29) is 5.78 Å². The lowest BCUT2D eigenvalue weighted by Crippen LogP contribution is -1.88. The zero-order valence-corrected chi connectivity index (χ0v) is 6.36. The van der Waals surface area contributed by atoms with Crippen LogP contribution >= 0.6 is 0 Å². The van der Waals surface area contributed by atoms with Crippen LogP contribution < -0.4 is 0 Å². The van der Waals surface area contributed by atoms with E-state index in [0.717, 1.165) is 19.4 Å². The van der Waals surface area contributed by atoms with E-state index >= 15 is 0 Å². The van der Waals surface area contributed by atoms with Gasteiger partial charge in [-0.1, -0.05) is 12.2 Å². The molecule has 4 heteroatoms. The molecule has 1 rings (SSSR count). The van der Waals surface area contributed by atoms with Gasteiger partial charge >= 0.3 is 6.21 Å². The van der Waals surface area contributed by atoms with Gasteiger partial charge in [0.25, 0.3) is 0 Å². The van der Waals surface area contributed by atoms with Crippen LogP contribution in [-0.4, -0.2) is 30.0 Å². The molecule has 0 aromatic rings. The summed E-state index contributed by atoms with van der Waals surface area (Å²) in [6, 6.07) is 0. The molecule has 1 aliphatic rings. The molecular weight excluding hydrogens is 144 g/mol. The first-order valence-corrected chi connectivity index (χ1v) is 3.18. The summed E-state index contributed by atoms with van der Waals surface area (Å²) in [6.45, 7) is 2.94. The highest BCUT2D eigenvalue weighted by molar-refractivity contribution is 6.23. The molecule has 11 heavy (non-hydrogen) atoms. The third-order valence-electron chi connectivity index (χ3n) is 0.834. The van der Waals surface area contributed by atoms with Crippen LogP contribution in [0, 0.1) is 0 Å². The van der Waals surface area contributed by atoms with Crippen molar-refractivity contribution in [2.45, 2.75) is 6.92 Å². The molecule has 0 spiro atoms. The van der Waals surface area contributed by atoms with Gasteiger partial charge < -0.3 is 10.3 Å². The van der Waals surface area contributed by atoms with Crippen LogP contribution in [0.15, 0.2) is 12.2 Å². The summed E-state index contributed by atoms with van der Waals surface area (Å²) in [4.78, 5) is 12.2. The quantitative estimate of drug-likeness (QED) is 0.238. The Morgan fingerprint density at radius 2 is 2.18 bits per heavy atom. The number of ether oxygens (including phenoxy) is 1. The number of hydrogen-bond acceptors (Lipinski definition) is 2. The number of carbonyl (C=O) groups is 1. The van der Waals surface area contributed by atoms with Crippen LogP contribution in [0.5, 0.6) is 0 Å². The minimum absolute atomic E-state index is 0.252. The fourth-order valence-electron chi connectivity index (χ4n) is 0.422. The minimum atomic E-state index is -0.252. The van der Waals surface area contributed by atoms with Gasteiger partial charge in [0.15, 0.2) is 0 Å². The van der Waals surface area contributed by atoms with Crippen LogP contribution in [0.3, 0.4) is 0 Å². The highest BCUT2D eigenvalue weighted by Gasteiger charge is 1.84. The highest BCUT2D eigenvalue weighted by atomic mass is 16.5. The molecule has 60 valence electrons. The Morgan fingerprint density at radius 1 is 1.64 bits per heavy atom. The van der Waals surface area contributed by atoms with E-state index in [1.165, 1.54) is 6.92 Å². The Balaban J connectivity index is 0.000000183. The Morgan fingerprint density at radius 3 is 2.27 bits per heavy atom. The lowest BCUT2D eigenvalue weighted by Gasteiger charge is -1.77. The van der Waals surface area contributed by atoms with Crippen LogP contribution in [0.4, 0.5) is 0 Å². The smallest absolute Gasteiger partial charge is 0.322 e. The van der Waals surface area contributed by atoms with E-state index in [0.29, 0.717) is 0 Å². The van der Waals surface area contributed by atoms with Crippen molar-refractivity contribution in [1.29, 1.82) is 0 Å². The van der Waals surface area contributed by atoms with Gasteiger partial charge in [0, 0.05) is 6.92 Å². The predicted octanol–water partition coefficient (Wildman–Crippen LogP) is 0.449. The first kappa shape index (κ1) is 9.75. The number of ketones is 1. The molecule has 0 aromatic carbocycles. The third kappa shape index (κ3) is 8.75. The van der Waals surface area contributed by atoms with Gasteiger partial charge in [-0.3, -0.25) is 4.79 Å². The lowest BCUT2D eigenvalue weighted by atomic mass is 10.5. The van der Waals surface area contributed by atoms with Crippen molar-refractivity contribution >= 4 is 12.0 Å². The van der Waals surface area contributed by atoms with Crippen molar-refractivity contribution in [3.8, 4) is 0 Å². The van der Waals surface area contributed by atoms with E-state index in [1.54, 1.807) is 0 Å². The zero-order valence-electron chi connectivity index (χ0n) is 6.36. The molecule has 0 aliphatic carbocycles. The maximum Gasteiger partial charge on any atom is 0.322 e. The molecule has 0 radical (unpaired) electrons. The molecule has 0 saturated carbocycles. The molecule has 0 atom stereocenters. The number of nitrogens with zero attached hydrogens (tertiary/aromatic N) is 2. The van der Waals surface area contributed by atoms with Gasteiger partial charge in [-0.2, -0.15) is 4.79 Å². The van der Waals surface area contributed by atoms with Crippen molar-refractivity contribution in [2.24, 2.45) is 0 Å². The second kappa shape index (κ2) is 6.86. The molecule has 4 nitrogen and oxygen atoms in total. The van der Waals surface area contributed by atoms with Gasteiger partial charge in [-0.05, 0) is 0 Å². The average molecular weight is 154 g/mol. The number of Topliss-reactive ketones (excluding diaryl/α,β-unsaturated/α-hetero) is 1. The summed E-state index contributed by atoms with van der Waals surface area (Å²) < 4.78 is 4.83. The van der Waals surface area contributed by atoms with Crippen molar-refractivity contribution in [3.63, 3.8) is 0 Å². The average Bonchev–Trinajstić information content (AvgIpc) is 2.41. The predicted molar refractivity (Wildman–Crippen MR) is 40.3 cm³/mol. The van der Waals surface area contributed by atoms with Crippen molar-refractivity contribution < 1.29 is 14.3 Å². The van der Waals surface area contributed by atoms with Crippen molar-refractivity contribution in [1.82, 2.24) is 0 Å². The molecule has 0 fully saturated rings. The second-order valence-corrected chi connectivity index (χ2v) is 1.86. The third-order valence-corrected chi connectivity index (χ3v) is 0.834. The Kier molecular flexibility index (Phi) is 6.08. The van der Waals surface area contributed by atoms with Crippen LogP contribution in [-0.2, 0) is 9.53 Å². The molecule has 0 unspecified atom stereocenters. The fraction of sp³-hybridized carbons (Fsp3) is 0.429. The molecule has 1 heterocycles. The maximum atomic E-state index is 9.73. The van der Waals surface area contributed by atoms with Gasteiger partial charge in [-0.25, -0.2) is 0 Å². The summed E-state index contributed by atoms with van der Waals surface area (Å²) in [7, 11) is 0. The molecule has 0 bridgehead atoms. The molecule has 0 saturated heterocycles. The van der Waals surface area contributed by atoms with Crippen LogP contribution in [0.2, 0.25) is 0 Å². The largest absolute Gasteiger partial charge is 0.373 e. The van der Waals surface area contributed by atoms with Gasteiger partial charge in [0.05, 0.1) is 13.2 Å². The van der Waals surface area contributed by atoms with E-state index in [4.69, 9.17) is 10.3 Å². The molecule has 0 aromatic heterocycles. The lowest BCUT2D eigenvalue weighted by molar-refractivity contribution is -0.114. The summed E-state index contributed by atoms with van der Waals surface area (Å²) >= 11 is 0. The molecular formula is C7H10N2O2. The normalized spacial score (nSPS) is 12.8. The summed E-state index contributed by atoms with van der Waals surface area (Å²) in [6.07, 6.45) is 4.86. The number of rotatable bonds is 1. The van der Waals surface area contributed by atoms with Crippen LogP contribution in [0.1, 0.15) is 6.92 Å². The molecule has 0 N–H and O–H groups in total. The van der Waals surface area contributed by atoms with Crippen molar-refractivity contribution in [3.05, 3.63) is 17.7 Å². The summed E-state index contributed by atoms with van der Waals surface area (Å²) in [5.41, 5.74) is 7.59. The maximum absolute atomic E-state index is 9.73. The summed E-state index contributed by atoms with van der Waals surface area (Å²) in [5, 5.41) is 0. The van der Waals surface area contributed by atoms with Crippen LogP contribution in [0.25, 0.3) is 5.53 Å². The first-order valence-electron chi connectivity index (χ1n) is 3.18. The van der Waals surface area contributed by atoms with E-state index in [1.807, 2.05) is 12.2 Å². The van der Waals surface area contributed by atoms with E-state index in [2.05, 4.69) is 4.79 Å². The Bertz CT molecular complexity index is 187. The zero-order chi connectivity index (χ0) is 8.53. The second-order valence-electron chi connectivity index (χ2n) is 1.86. The topological polar surface area (TPSA) is 62.7 Å². The Hall–Kier alpha value is -1.25. The first-order chi connectivity index (χ1) is 5.27. The number of hydrogen-bond donors (Lipinski definition) is 0. The van der Waals surface area contributed by atoms with Gasteiger partial charge in [-0.15, -0.1) is 0 Å². The SMILES string of the molecule is C1=CCOC1.CC(=O)C=[N+]=[N-]. The molecule has 0 amide bonds. The minimum Gasteiger partial charge on any atom is -0.373 e. The monoisotopic (exact) mass is 154 g/mol. The van der Waals surface area contributed by atoms with E-state index in [9.17, 15) is 4.79 Å². The standard InChI is InChI=1S/C4H6O.C3H4N2O/c1-2-4-5-3-1;1-3(6)2-5-4/h1-2H,3-4H2;2H,1H3.